The van der Waals surface area contributed by atoms with E-state index in [2.05, 4.69) is 16.0 Å². The largest absolute Gasteiger partial charge is 0.481 e. The van der Waals surface area contributed by atoms with Crippen molar-refractivity contribution in [2.75, 3.05) is 13.6 Å². The van der Waals surface area contributed by atoms with E-state index in [4.69, 9.17) is 10.2 Å². The van der Waals surface area contributed by atoms with Gasteiger partial charge in [-0.05, 0) is 6.42 Å². The van der Waals surface area contributed by atoms with E-state index in [1.165, 1.54) is 7.05 Å². The lowest BCUT2D eigenvalue weighted by Crippen LogP contribution is -2.48. The van der Waals surface area contributed by atoms with Crippen molar-refractivity contribution in [2.24, 2.45) is 0 Å². The van der Waals surface area contributed by atoms with Gasteiger partial charge in [-0.3, -0.25) is 9.59 Å². The zero-order valence-corrected chi connectivity index (χ0v) is 9.73. The minimum Gasteiger partial charge on any atom is -0.481 e. The highest BCUT2D eigenvalue weighted by molar-refractivity contribution is 5.86. The fourth-order valence-corrected chi connectivity index (χ4v) is 0.983. The predicted molar refractivity (Wildman–Crippen MR) is 58.9 cm³/mol. The number of amides is 3. The molecule has 0 unspecified atom stereocenters. The Bertz CT molecular complexity index is 343. The number of carbonyl (C=O) groups is 4. The summed E-state index contributed by atoms with van der Waals surface area (Å²) in [5.74, 6) is -2.94. The SMILES string of the molecule is CNC(=O)CNC(=O)N[C@@H](CCC(=O)O)C(=O)O. The van der Waals surface area contributed by atoms with E-state index in [9.17, 15) is 19.2 Å². The Hall–Kier alpha value is -2.32. The fraction of sp³-hybridized carbons (Fsp3) is 0.556. The zero-order valence-electron chi connectivity index (χ0n) is 9.73. The topological polar surface area (TPSA) is 145 Å². The Labute approximate surface area is 103 Å². The minimum atomic E-state index is -1.34. The zero-order chi connectivity index (χ0) is 14.1. The van der Waals surface area contributed by atoms with Crippen LogP contribution >= 0.6 is 0 Å². The molecule has 18 heavy (non-hydrogen) atoms. The average molecular weight is 261 g/mol. The number of nitrogens with one attached hydrogen (secondary N) is 3. The van der Waals surface area contributed by atoms with Crippen molar-refractivity contribution in [3.8, 4) is 0 Å². The van der Waals surface area contributed by atoms with Crippen LogP contribution in [0.4, 0.5) is 4.79 Å². The van der Waals surface area contributed by atoms with Crippen molar-refractivity contribution in [3.63, 3.8) is 0 Å². The van der Waals surface area contributed by atoms with E-state index in [-0.39, 0.29) is 19.4 Å². The quantitative estimate of drug-likeness (QED) is 0.371. The smallest absolute Gasteiger partial charge is 0.326 e. The molecule has 9 heteroatoms. The van der Waals surface area contributed by atoms with E-state index < -0.39 is 29.9 Å². The second-order valence-electron chi connectivity index (χ2n) is 3.32. The van der Waals surface area contributed by atoms with Gasteiger partial charge in [-0.2, -0.15) is 0 Å². The molecule has 9 nitrogen and oxygen atoms in total. The lowest BCUT2D eigenvalue weighted by molar-refractivity contribution is -0.140. The molecule has 0 heterocycles. The summed E-state index contributed by atoms with van der Waals surface area (Å²) in [7, 11) is 1.38. The van der Waals surface area contributed by atoms with Gasteiger partial charge in [0.25, 0.3) is 0 Å². The molecule has 0 aromatic heterocycles. The molecule has 0 spiro atoms. The number of urea groups is 1. The molecule has 0 saturated heterocycles. The first-order chi connectivity index (χ1) is 8.36. The van der Waals surface area contributed by atoms with Crippen LogP contribution in [0, 0.1) is 0 Å². The molecule has 0 radical (unpaired) electrons. The number of hydrogen-bond acceptors (Lipinski definition) is 4. The molecule has 0 bridgehead atoms. The summed E-state index contributed by atoms with van der Waals surface area (Å²) in [5.41, 5.74) is 0. The standard InChI is InChI=1S/C9H15N3O6/c1-10-6(13)4-11-9(18)12-5(8(16)17)2-3-7(14)15/h5H,2-4H2,1H3,(H,10,13)(H,14,15)(H,16,17)(H2,11,12,18)/t5-/m0/s1. The van der Waals surface area contributed by atoms with Crippen LogP contribution in [0.2, 0.25) is 0 Å². The Balaban J connectivity index is 4.15. The van der Waals surface area contributed by atoms with Gasteiger partial charge in [-0.25, -0.2) is 9.59 Å². The van der Waals surface area contributed by atoms with Crippen molar-refractivity contribution >= 4 is 23.9 Å². The first kappa shape index (κ1) is 15.7. The van der Waals surface area contributed by atoms with Gasteiger partial charge in [0, 0.05) is 13.5 Å². The number of carboxylic acid groups (broad SMARTS) is 2. The second-order valence-corrected chi connectivity index (χ2v) is 3.32. The third kappa shape index (κ3) is 7.04. The maximum absolute atomic E-state index is 11.2. The molecule has 1 atom stereocenters. The van der Waals surface area contributed by atoms with Gasteiger partial charge >= 0.3 is 18.0 Å². The van der Waals surface area contributed by atoms with Crippen molar-refractivity contribution in [1.29, 1.82) is 0 Å². The van der Waals surface area contributed by atoms with Crippen LogP contribution in [0.3, 0.4) is 0 Å². The molecule has 102 valence electrons. The number of carboxylic acids is 2. The first-order valence-electron chi connectivity index (χ1n) is 5.06. The molecule has 0 aromatic carbocycles. The van der Waals surface area contributed by atoms with Gasteiger partial charge in [-0.15, -0.1) is 0 Å². The van der Waals surface area contributed by atoms with Gasteiger partial charge in [0.1, 0.15) is 6.04 Å². The van der Waals surface area contributed by atoms with E-state index in [1.54, 1.807) is 0 Å². The van der Waals surface area contributed by atoms with Crippen LogP contribution in [-0.4, -0.2) is 53.7 Å². The molecule has 0 saturated carbocycles. The monoisotopic (exact) mass is 261 g/mol. The molecular formula is C9H15N3O6. The lowest BCUT2D eigenvalue weighted by atomic mass is 10.1. The fourth-order valence-electron chi connectivity index (χ4n) is 0.983. The number of aliphatic carboxylic acids is 2. The highest BCUT2D eigenvalue weighted by atomic mass is 16.4. The van der Waals surface area contributed by atoms with Gasteiger partial charge in [0.2, 0.25) is 5.91 Å². The highest BCUT2D eigenvalue weighted by Gasteiger charge is 2.20. The Kier molecular flexibility index (Phi) is 6.86. The molecule has 0 aliphatic heterocycles. The van der Waals surface area contributed by atoms with Gasteiger partial charge in [0.05, 0.1) is 6.54 Å². The molecule has 5 N–H and O–H groups in total. The first-order valence-corrected chi connectivity index (χ1v) is 5.06. The van der Waals surface area contributed by atoms with Crippen molar-refractivity contribution in [1.82, 2.24) is 16.0 Å². The third-order valence-electron chi connectivity index (χ3n) is 1.94. The summed E-state index contributed by atoms with van der Waals surface area (Å²) in [5, 5.41) is 23.6. The average Bonchev–Trinajstić information content (AvgIpc) is 2.30. The Morgan fingerprint density at radius 2 is 1.78 bits per heavy atom. The molecule has 0 aliphatic rings. The van der Waals surface area contributed by atoms with E-state index in [0.29, 0.717) is 0 Å². The van der Waals surface area contributed by atoms with Crippen molar-refractivity contribution in [3.05, 3.63) is 0 Å². The number of hydrogen-bond donors (Lipinski definition) is 5. The second kappa shape index (κ2) is 7.87. The van der Waals surface area contributed by atoms with Crippen LogP contribution in [0.25, 0.3) is 0 Å². The minimum absolute atomic E-state index is 0.238. The molecule has 0 fully saturated rings. The van der Waals surface area contributed by atoms with Crippen LogP contribution in [0.5, 0.6) is 0 Å². The summed E-state index contributed by atoms with van der Waals surface area (Å²) in [6.45, 7) is -0.298. The Morgan fingerprint density at radius 1 is 1.17 bits per heavy atom. The summed E-state index contributed by atoms with van der Waals surface area (Å²) in [4.78, 5) is 43.0. The molecule has 0 aromatic rings. The van der Waals surface area contributed by atoms with Gasteiger partial charge in [0.15, 0.2) is 0 Å². The summed E-state index contributed by atoms with van der Waals surface area (Å²) in [6.07, 6.45) is -0.620. The molecular weight excluding hydrogens is 246 g/mol. The maximum Gasteiger partial charge on any atom is 0.326 e. The summed E-state index contributed by atoms with van der Waals surface area (Å²) >= 11 is 0. The Morgan fingerprint density at radius 3 is 2.22 bits per heavy atom. The van der Waals surface area contributed by atoms with Crippen LogP contribution in [0.15, 0.2) is 0 Å². The van der Waals surface area contributed by atoms with Gasteiger partial charge in [-0.1, -0.05) is 0 Å². The van der Waals surface area contributed by atoms with E-state index in [0.717, 1.165) is 0 Å². The summed E-state index contributed by atoms with van der Waals surface area (Å²) < 4.78 is 0. The molecule has 0 aliphatic carbocycles. The van der Waals surface area contributed by atoms with Gasteiger partial charge < -0.3 is 26.2 Å². The van der Waals surface area contributed by atoms with Crippen molar-refractivity contribution in [2.45, 2.75) is 18.9 Å². The number of carbonyl (C=O) groups excluding carboxylic acids is 2. The normalized spacial score (nSPS) is 11.2. The molecule has 0 rings (SSSR count). The number of likely N-dealkylation sites (N-methyl/N-ethyl adjacent to an activating group) is 1. The van der Waals surface area contributed by atoms with E-state index >= 15 is 0 Å². The van der Waals surface area contributed by atoms with Crippen LogP contribution < -0.4 is 16.0 Å². The van der Waals surface area contributed by atoms with E-state index in [1.807, 2.05) is 0 Å². The predicted octanol–water partition coefficient (Wildman–Crippen LogP) is -1.65. The maximum atomic E-state index is 11.2. The lowest BCUT2D eigenvalue weighted by Gasteiger charge is -2.13. The van der Waals surface area contributed by atoms with Crippen molar-refractivity contribution < 1.29 is 29.4 Å². The number of rotatable bonds is 7. The van der Waals surface area contributed by atoms with Crippen LogP contribution in [-0.2, 0) is 14.4 Å². The third-order valence-corrected chi connectivity index (χ3v) is 1.94. The summed E-state index contributed by atoms with van der Waals surface area (Å²) in [6, 6.07) is -2.16. The highest BCUT2D eigenvalue weighted by Crippen LogP contribution is 1.97. The van der Waals surface area contributed by atoms with Crippen LogP contribution in [0.1, 0.15) is 12.8 Å². The molecule has 3 amide bonds.